The number of aromatic nitrogens is 1. The average molecular weight is 491 g/mol. The molecule has 35 heavy (non-hydrogen) atoms. The van der Waals surface area contributed by atoms with Crippen LogP contribution in [0.1, 0.15) is 12.0 Å². The lowest BCUT2D eigenvalue weighted by Crippen LogP contribution is -2.26. The van der Waals surface area contributed by atoms with Gasteiger partial charge < -0.3 is 20.1 Å². The zero-order chi connectivity index (χ0) is 24.2. The maximum Gasteiger partial charge on any atom is 0.414 e. The molecular formula is C26H26N4O4S. The number of nitrogens with one attached hydrogen (secondary N) is 2. The summed E-state index contributed by atoms with van der Waals surface area (Å²) in [6, 6.07) is 17.6. The minimum absolute atomic E-state index is 0.0297. The molecule has 0 spiro atoms. The van der Waals surface area contributed by atoms with Crippen LogP contribution in [0.2, 0.25) is 0 Å². The third kappa shape index (κ3) is 5.41. The maximum atomic E-state index is 12.5. The van der Waals surface area contributed by atoms with Crippen LogP contribution in [0.3, 0.4) is 0 Å². The van der Waals surface area contributed by atoms with Gasteiger partial charge in [0.05, 0.1) is 30.8 Å². The Morgan fingerprint density at radius 3 is 3.00 bits per heavy atom. The molecule has 1 saturated heterocycles. The van der Waals surface area contributed by atoms with E-state index in [9.17, 15) is 9.59 Å². The quantitative estimate of drug-likeness (QED) is 0.455. The van der Waals surface area contributed by atoms with Gasteiger partial charge in [-0.05, 0) is 48.9 Å². The Labute approximate surface area is 208 Å². The second-order valence-electron chi connectivity index (χ2n) is 8.38. The summed E-state index contributed by atoms with van der Waals surface area (Å²) in [4.78, 5) is 31.2. The molecule has 180 valence electrons. The summed E-state index contributed by atoms with van der Waals surface area (Å²) in [6.07, 6.45) is 1.90. The minimum Gasteiger partial charge on any atom is -0.497 e. The van der Waals surface area contributed by atoms with Gasteiger partial charge in [0.2, 0.25) is 5.91 Å². The standard InChI is InChI=1S/C26H26N4O4S/c1-33-20-8-10-28-22(13-20)18-4-2-3-17(11-18)14-27-9-7-21-15-30(26(32)34-21)19-5-6-24-23(12-19)29-25(31)16-35-24/h2-6,8,10-13,21,27H,7,9,14-16H2,1H3,(H,29,31)/t21-/m1/s1. The zero-order valence-corrected chi connectivity index (χ0v) is 20.1. The zero-order valence-electron chi connectivity index (χ0n) is 19.3. The molecule has 3 heterocycles. The Balaban J connectivity index is 1.13. The van der Waals surface area contributed by atoms with Crippen molar-refractivity contribution >= 4 is 35.1 Å². The fraction of sp³-hybridized carbons (Fsp3) is 0.269. The summed E-state index contributed by atoms with van der Waals surface area (Å²) < 4.78 is 10.9. The lowest BCUT2D eigenvalue weighted by Gasteiger charge is -2.20. The first kappa shape index (κ1) is 23.2. The Hall–Kier alpha value is -3.56. The number of nitrogens with zero attached hydrogens (tertiary/aromatic N) is 2. The molecule has 1 atom stereocenters. The van der Waals surface area contributed by atoms with Crippen molar-refractivity contribution in [3.05, 3.63) is 66.4 Å². The molecule has 2 N–H and O–H groups in total. The number of amides is 2. The Bertz CT molecular complexity index is 1250. The van der Waals surface area contributed by atoms with E-state index >= 15 is 0 Å². The van der Waals surface area contributed by atoms with E-state index in [1.807, 2.05) is 42.5 Å². The van der Waals surface area contributed by atoms with Crippen LogP contribution in [0.15, 0.2) is 65.7 Å². The number of hydrogen-bond donors (Lipinski definition) is 2. The van der Waals surface area contributed by atoms with E-state index < -0.39 is 0 Å². The molecule has 8 nitrogen and oxygen atoms in total. The van der Waals surface area contributed by atoms with E-state index in [0.29, 0.717) is 31.8 Å². The summed E-state index contributed by atoms with van der Waals surface area (Å²) >= 11 is 1.50. The van der Waals surface area contributed by atoms with Gasteiger partial charge in [-0.25, -0.2) is 4.79 Å². The van der Waals surface area contributed by atoms with Gasteiger partial charge in [0.1, 0.15) is 11.9 Å². The lowest BCUT2D eigenvalue weighted by molar-refractivity contribution is -0.113. The van der Waals surface area contributed by atoms with Crippen LogP contribution in [0.25, 0.3) is 11.3 Å². The number of benzene rings is 2. The van der Waals surface area contributed by atoms with Crippen LogP contribution in [0.4, 0.5) is 16.2 Å². The fourth-order valence-corrected chi connectivity index (χ4v) is 4.94. The number of rotatable bonds is 8. The van der Waals surface area contributed by atoms with Crippen molar-refractivity contribution in [3.8, 4) is 17.0 Å². The van der Waals surface area contributed by atoms with Gasteiger partial charge in [-0.15, -0.1) is 11.8 Å². The van der Waals surface area contributed by atoms with Crippen molar-refractivity contribution in [2.24, 2.45) is 0 Å². The molecule has 5 rings (SSSR count). The molecule has 1 aromatic heterocycles. The lowest BCUT2D eigenvalue weighted by atomic mass is 10.1. The van der Waals surface area contributed by atoms with Crippen LogP contribution >= 0.6 is 11.8 Å². The van der Waals surface area contributed by atoms with Gasteiger partial charge in [-0.2, -0.15) is 0 Å². The molecule has 0 unspecified atom stereocenters. The summed E-state index contributed by atoms with van der Waals surface area (Å²) in [5.41, 5.74) is 4.52. The molecule has 0 aliphatic carbocycles. The van der Waals surface area contributed by atoms with E-state index in [4.69, 9.17) is 9.47 Å². The van der Waals surface area contributed by atoms with Crippen LogP contribution in [0.5, 0.6) is 5.75 Å². The van der Waals surface area contributed by atoms with Gasteiger partial charge in [0.25, 0.3) is 0 Å². The van der Waals surface area contributed by atoms with Gasteiger partial charge >= 0.3 is 6.09 Å². The van der Waals surface area contributed by atoms with E-state index in [1.54, 1.807) is 18.2 Å². The molecule has 0 radical (unpaired) electrons. The van der Waals surface area contributed by atoms with Crippen molar-refractivity contribution in [1.29, 1.82) is 0 Å². The highest BCUT2D eigenvalue weighted by Gasteiger charge is 2.32. The molecule has 1 fully saturated rings. The third-order valence-corrected chi connectivity index (χ3v) is 7.02. The highest BCUT2D eigenvalue weighted by atomic mass is 32.2. The van der Waals surface area contributed by atoms with Crippen molar-refractivity contribution in [3.63, 3.8) is 0 Å². The van der Waals surface area contributed by atoms with Crippen LogP contribution < -0.4 is 20.3 Å². The number of ether oxygens (including phenoxy) is 2. The molecule has 2 aliphatic heterocycles. The molecule has 0 bridgehead atoms. The first-order valence-electron chi connectivity index (χ1n) is 11.4. The van der Waals surface area contributed by atoms with Crippen molar-refractivity contribution in [2.75, 3.05) is 36.2 Å². The van der Waals surface area contributed by atoms with Gasteiger partial charge in [-0.1, -0.05) is 18.2 Å². The molecule has 2 aliphatic rings. The number of cyclic esters (lactones) is 1. The van der Waals surface area contributed by atoms with E-state index in [0.717, 1.165) is 38.8 Å². The number of carbonyl (C=O) groups excluding carboxylic acids is 2. The molecule has 3 aromatic rings. The van der Waals surface area contributed by atoms with Gasteiger partial charge in [-0.3, -0.25) is 14.7 Å². The van der Waals surface area contributed by atoms with E-state index in [-0.39, 0.29) is 18.1 Å². The van der Waals surface area contributed by atoms with E-state index in [1.165, 1.54) is 11.8 Å². The smallest absolute Gasteiger partial charge is 0.414 e. The van der Waals surface area contributed by atoms with Crippen LogP contribution in [0, 0.1) is 0 Å². The summed E-state index contributed by atoms with van der Waals surface area (Å²) in [5.74, 6) is 1.16. The number of anilines is 2. The third-order valence-electron chi connectivity index (χ3n) is 5.94. The Kier molecular flexibility index (Phi) is 6.87. The monoisotopic (exact) mass is 490 g/mol. The molecule has 9 heteroatoms. The second-order valence-corrected chi connectivity index (χ2v) is 9.40. The Morgan fingerprint density at radius 1 is 1.20 bits per heavy atom. The maximum absolute atomic E-state index is 12.5. The highest BCUT2D eigenvalue weighted by molar-refractivity contribution is 8.00. The summed E-state index contributed by atoms with van der Waals surface area (Å²) in [7, 11) is 1.64. The second kappa shape index (κ2) is 10.4. The van der Waals surface area contributed by atoms with Gasteiger partial charge in [0.15, 0.2) is 0 Å². The highest BCUT2D eigenvalue weighted by Crippen LogP contribution is 2.35. The topological polar surface area (TPSA) is 92.8 Å². The largest absolute Gasteiger partial charge is 0.497 e. The predicted octanol–water partition coefficient (Wildman–Crippen LogP) is 4.31. The molecular weight excluding hydrogens is 464 g/mol. The number of thioether (sulfide) groups is 1. The van der Waals surface area contributed by atoms with E-state index in [2.05, 4.69) is 27.8 Å². The van der Waals surface area contributed by atoms with Crippen molar-refractivity contribution in [1.82, 2.24) is 10.3 Å². The van der Waals surface area contributed by atoms with Crippen LogP contribution in [-0.2, 0) is 16.1 Å². The number of carbonyl (C=O) groups is 2. The van der Waals surface area contributed by atoms with Crippen LogP contribution in [-0.4, -0.2) is 49.0 Å². The summed E-state index contributed by atoms with van der Waals surface area (Å²) in [5, 5.41) is 6.31. The first-order valence-corrected chi connectivity index (χ1v) is 12.4. The number of fused-ring (bicyclic) bond motifs is 1. The SMILES string of the molecule is COc1ccnc(-c2cccc(CNCC[C@@H]3CN(c4ccc5c(c4)NC(=O)CS5)C(=O)O3)c2)c1. The average Bonchev–Trinajstić information content (AvgIpc) is 3.26. The number of pyridine rings is 1. The fourth-order valence-electron chi connectivity index (χ4n) is 4.15. The minimum atomic E-state index is -0.358. The normalized spacial score (nSPS) is 17.1. The molecule has 2 aromatic carbocycles. The van der Waals surface area contributed by atoms with Gasteiger partial charge in [0, 0.05) is 35.0 Å². The molecule has 0 saturated carbocycles. The number of hydrogen-bond acceptors (Lipinski definition) is 7. The first-order chi connectivity index (χ1) is 17.1. The number of methoxy groups -OCH3 is 1. The summed E-state index contributed by atoms with van der Waals surface area (Å²) in [6.45, 7) is 1.89. The van der Waals surface area contributed by atoms with Crippen molar-refractivity contribution in [2.45, 2.75) is 24.0 Å². The van der Waals surface area contributed by atoms with Crippen molar-refractivity contribution < 1.29 is 19.1 Å². The predicted molar refractivity (Wildman–Crippen MR) is 136 cm³/mol. The molecule has 2 amide bonds. The Morgan fingerprint density at radius 2 is 2.11 bits per heavy atom.